The van der Waals surface area contributed by atoms with Crippen LogP contribution in [0.2, 0.25) is 0 Å². The molecule has 0 aliphatic heterocycles. The molecule has 6 heteroatoms. The average molecular weight is 276 g/mol. The molecule has 0 aliphatic carbocycles. The summed E-state index contributed by atoms with van der Waals surface area (Å²) in [4.78, 5) is 3.84. The van der Waals surface area contributed by atoms with Crippen LogP contribution in [-0.2, 0) is 0 Å². The summed E-state index contributed by atoms with van der Waals surface area (Å²) >= 11 is 0. The van der Waals surface area contributed by atoms with Gasteiger partial charge >= 0.3 is 6.18 Å². The van der Waals surface area contributed by atoms with Crippen molar-refractivity contribution >= 4 is 5.69 Å². The standard InChI is InChI=1S/C13H19F3N2O/c1-4-9(2)10(3)18-11-5-6-12(17-7-11)19-8-13(14,15)16/h5-7,9-10,18H,4,8H2,1-3H3. The van der Waals surface area contributed by atoms with E-state index >= 15 is 0 Å². The van der Waals surface area contributed by atoms with Gasteiger partial charge in [-0.2, -0.15) is 13.2 Å². The Labute approximate surface area is 111 Å². The fourth-order valence-electron chi connectivity index (χ4n) is 1.47. The van der Waals surface area contributed by atoms with Crippen LogP contribution in [0.4, 0.5) is 18.9 Å². The van der Waals surface area contributed by atoms with E-state index in [4.69, 9.17) is 0 Å². The van der Waals surface area contributed by atoms with Gasteiger partial charge in [0.25, 0.3) is 0 Å². The first-order valence-corrected chi connectivity index (χ1v) is 6.24. The molecule has 108 valence electrons. The van der Waals surface area contributed by atoms with Crippen molar-refractivity contribution in [3.63, 3.8) is 0 Å². The smallest absolute Gasteiger partial charge is 0.422 e. The molecule has 0 aromatic carbocycles. The van der Waals surface area contributed by atoms with Crippen LogP contribution in [0.15, 0.2) is 18.3 Å². The molecule has 2 unspecified atom stereocenters. The highest BCUT2D eigenvalue weighted by molar-refractivity contribution is 5.42. The van der Waals surface area contributed by atoms with Gasteiger partial charge in [0.05, 0.1) is 11.9 Å². The van der Waals surface area contributed by atoms with Crippen LogP contribution in [-0.4, -0.2) is 23.8 Å². The molecule has 0 spiro atoms. The Hall–Kier alpha value is -1.46. The van der Waals surface area contributed by atoms with Crippen molar-refractivity contribution < 1.29 is 17.9 Å². The zero-order valence-electron chi connectivity index (χ0n) is 11.3. The fraction of sp³-hybridized carbons (Fsp3) is 0.615. The van der Waals surface area contributed by atoms with Crippen molar-refractivity contribution in [3.8, 4) is 5.88 Å². The SMILES string of the molecule is CCC(C)C(C)Nc1ccc(OCC(F)(F)F)nc1. The summed E-state index contributed by atoms with van der Waals surface area (Å²) in [6, 6.07) is 3.36. The molecule has 0 saturated carbocycles. The number of ether oxygens (including phenoxy) is 1. The Bertz CT molecular complexity index is 378. The molecule has 3 nitrogen and oxygen atoms in total. The van der Waals surface area contributed by atoms with E-state index in [1.54, 1.807) is 6.07 Å². The van der Waals surface area contributed by atoms with Gasteiger partial charge in [-0.3, -0.25) is 0 Å². The van der Waals surface area contributed by atoms with Gasteiger partial charge in [-0.15, -0.1) is 0 Å². The van der Waals surface area contributed by atoms with Crippen LogP contribution in [0.1, 0.15) is 27.2 Å². The molecule has 0 bridgehead atoms. The van der Waals surface area contributed by atoms with E-state index < -0.39 is 12.8 Å². The van der Waals surface area contributed by atoms with E-state index in [-0.39, 0.29) is 11.9 Å². The molecule has 0 radical (unpaired) electrons. The first kappa shape index (κ1) is 15.6. The first-order chi connectivity index (χ1) is 8.81. The van der Waals surface area contributed by atoms with Gasteiger partial charge in [-0.05, 0) is 18.9 Å². The number of aromatic nitrogens is 1. The molecular weight excluding hydrogens is 257 g/mol. The molecule has 0 saturated heterocycles. The molecule has 0 aliphatic rings. The highest BCUT2D eigenvalue weighted by Gasteiger charge is 2.28. The predicted octanol–water partition coefficient (Wildman–Crippen LogP) is 3.87. The van der Waals surface area contributed by atoms with Crippen molar-refractivity contribution in [2.24, 2.45) is 5.92 Å². The summed E-state index contributed by atoms with van der Waals surface area (Å²) in [6.07, 6.45) is -1.82. The van der Waals surface area contributed by atoms with Crippen LogP contribution in [0, 0.1) is 5.92 Å². The highest BCUT2D eigenvalue weighted by atomic mass is 19.4. The Kier molecular flexibility index (Phi) is 5.44. The number of anilines is 1. The minimum Gasteiger partial charge on any atom is -0.468 e. The lowest BCUT2D eigenvalue weighted by molar-refractivity contribution is -0.154. The van der Waals surface area contributed by atoms with E-state index in [1.807, 2.05) is 0 Å². The molecule has 1 aromatic rings. The zero-order chi connectivity index (χ0) is 14.5. The Morgan fingerprint density at radius 2 is 2.00 bits per heavy atom. The van der Waals surface area contributed by atoms with Gasteiger partial charge in [0.1, 0.15) is 0 Å². The maximum atomic E-state index is 12.0. The number of alkyl halides is 3. The third-order valence-electron chi connectivity index (χ3n) is 3.01. The largest absolute Gasteiger partial charge is 0.468 e. The van der Waals surface area contributed by atoms with Gasteiger partial charge in [0, 0.05) is 12.1 Å². The molecule has 2 atom stereocenters. The number of pyridine rings is 1. The maximum absolute atomic E-state index is 12.0. The van der Waals surface area contributed by atoms with E-state index in [2.05, 4.69) is 35.8 Å². The second kappa shape index (κ2) is 6.63. The predicted molar refractivity (Wildman–Crippen MR) is 68.3 cm³/mol. The Morgan fingerprint density at radius 3 is 2.47 bits per heavy atom. The summed E-state index contributed by atoms with van der Waals surface area (Å²) in [7, 11) is 0. The van der Waals surface area contributed by atoms with Crippen molar-refractivity contribution in [2.45, 2.75) is 39.4 Å². The minimum absolute atomic E-state index is 0.0286. The topological polar surface area (TPSA) is 34.1 Å². The van der Waals surface area contributed by atoms with Crippen molar-refractivity contribution in [2.75, 3.05) is 11.9 Å². The molecule has 1 heterocycles. The number of hydrogen-bond donors (Lipinski definition) is 1. The van der Waals surface area contributed by atoms with Gasteiger partial charge < -0.3 is 10.1 Å². The molecule has 1 rings (SSSR count). The van der Waals surface area contributed by atoms with E-state index in [1.165, 1.54) is 12.3 Å². The number of nitrogens with zero attached hydrogens (tertiary/aromatic N) is 1. The van der Waals surface area contributed by atoms with Crippen LogP contribution >= 0.6 is 0 Å². The molecule has 0 amide bonds. The monoisotopic (exact) mass is 276 g/mol. The minimum atomic E-state index is -4.34. The molecular formula is C13H19F3N2O. The van der Waals surface area contributed by atoms with Gasteiger partial charge in [-0.1, -0.05) is 20.3 Å². The fourth-order valence-corrected chi connectivity index (χ4v) is 1.47. The van der Waals surface area contributed by atoms with Gasteiger partial charge in [0.2, 0.25) is 5.88 Å². The maximum Gasteiger partial charge on any atom is 0.422 e. The van der Waals surface area contributed by atoms with Crippen LogP contribution in [0.25, 0.3) is 0 Å². The van der Waals surface area contributed by atoms with E-state index in [9.17, 15) is 13.2 Å². The van der Waals surface area contributed by atoms with Crippen molar-refractivity contribution in [3.05, 3.63) is 18.3 Å². The second-order valence-electron chi connectivity index (χ2n) is 4.61. The number of hydrogen-bond acceptors (Lipinski definition) is 3. The van der Waals surface area contributed by atoms with E-state index in [0.29, 0.717) is 5.92 Å². The molecule has 0 fully saturated rings. The van der Waals surface area contributed by atoms with Crippen LogP contribution in [0.3, 0.4) is 0 Å². The van der Waals surface area contributed by atoms with Crippen molar-refractivity contribution in [1.29, 1.82) is 0 Å². The molecule has 1 aromatic heterocycles. The zero-order valence-corrected chi connectivity index (χ0v) is 11.3. The number of nitrogens with one attached hydrogen (secondary N) is 1. The number of rotatable bonds is 6. The lowest BCUT2D eigenvalue weighted by Gasteiger charge is -2.20. The summed E-state index contributed by atoms with van der Waals surface area (Å²) in [6.45, 7) is 4.97. The number of halogens is 3. The molecule has 1 N–H and O–H groups in total. The van der Waals surface area contributed by atoms with Gasteiger partial charge in [-0.25, -0.2) is 4.98 Å². The van der Waals surface area contributed by atoms with Crippen molar-refractivity contribution in [1.82, 2.24) is 4.98 Å². The Balaban J connectivity index is 2.52. The summed E-state index contributed by atoms with van der Waals surface area (Å²) in [5.74, 6) is 0.472. The lowest BCUT2D eigenvalue weighted by atomic mass is 10.0. The third kappa shape index (κ3) is 5.81. The Morgan fingerprint density at radius 1 is 1.32 bits per heavy atom. The van der Waals surface area contributed by atoms with Gasteiger partial charge in [0.15, 0.2) is 6.61 Å². The third-order valence-corrected chi connectivity index (χ3v) is 3.01. The normalized spacial score (nSPS) is 14.8. The van der Waals surface area contributed by atoms with E-state index in [0.717, 1.165) is 12.1 Å². The lowest BCUT2D eigenvalue weighted by Crippen LogP contribution is -2.23. The first-order valence-electron chi connectivity index (χ1n) is 6.24. The van der Waals surface area contributed by atoms with Crippen LogP contribution in [0.5, 0.6) is 5.88 Å². The summed E-state index contributed by atoms with van der Waals surface area (Å²) in [5, 5.41) is 3.25. The van der Waals surface area contributed by atoms with Crippen LogP contribution < -0.4 is 10.1 Å². The molecule has 19 heavy (non-hydrogen) atoms. The summed E-state index contributed by atoms with van der Waals surface area (Å²) in [5.41, 5.74) is 0.771. The highest BCUT2D eigenvalue weighted by Crippen LogP contribution is 2.19. The quantitative estimate of drug-likeness (QED) is 0.856. The second-order valence-corrected chi connectivity index (χ2v) is 4.61. The average Bonchev–Trinajstić information content (AvgIpc) is 2.36. The summed E-state index contributed by atoms with van der Waals surface area (Å²) < 4.78 is 40.4.